The number of sulfone groups is 1. The fraction of sp³-hybridized carbons (Fsp3) is 0.625. The van der Waals surface area contributed by atoms with Crippen LogP contribution in [0.3, 0.4) is 0 Å². The Kier molecular flexibility index (Phi) is 6.68. The highest BCUT2D eigenvalue weighted by molar-refractivity contribution is 7.90. The molecule has 0 radical (unpaired) electrons. The summed E-state index contributed by atoms with van der Waals surface area (Å²) in [5, 5.41) is 3.42. The highest BCUT2D eigenvalue weighted by atomic mass is 32.2. The van der Waals surface area contributed by atoms with E-state index in [-0.39, 0.29) is 12.4 Å². The van der Waals surface area contributed by atoms with Gasteiger partial charge in [-0.1, -0.05) is 26.0 Å². The highest BCUT2D eigenvalue weighted by Crippen LogP contribution is 2.24. The molecule has 0 saturated carbocycles. The zero-order chi connectivity index (χ0) is 16.0. The second kappa shape index (κ2) is 7.80. The zero-order valence-corrected chi connectivity index (χ0v) is 14.5. The normalized spacial score (nSPS) is 11.9. The molecule has 1 rings (SSSR count). The van der Waals surface area contributed by atoms with Crippen LogP contribution in [0, 0.1) is 19.8 Å². The second-order valence-electron chi connectivity index (χ2n) is 6.06. The van der Waals surface area contributed by atoms with Gasteiger partial charge in [0.15, 0.2) is 9.84 Å². The molecule has 0 saturated heterocycles. The van der Waals surface area contributed by atoms with E-state index in [1.165, 1.54) is 11.8 Å². The molecule has 1 aromatic rings. The van der Waals surface area contributed by atoms with Crippen molar-refractivity contribution >= 4 is 9.84 Å². The Morgan fingerprint density at radius 1 is 1.19 bits per heavy atom. The lowest BCUT2D eigenvalue weighted by atomic mass is 10.1. The van der Waals surface area contributed by atoms with E-state index in [9.17, 15) is 8.42 Å². The molecular formula is C16H27NO3S. The number of hydrogen-bond donors (Lipinski definition) is 1. The summed E-state index contributed by atoms with van der Waals surface area (Å²) in [6.07, 6.45) is 1.22. The summed E-state index contributed by atoms with van der Waals surface area (Å²) < 4.78 is 27.9. The van der Waals surface area contributed by atoms with Crippen LogP contribution in [0.4, 0.5) is 0 Å². The second-order valence-corrected chi connectivity index (χ2v) is 8.32. The number of benzene rings is 1. The number of ether oxygens (including phenoxy) is 1. The predicted octanol–water partition coefficient (Wildman–Crippen LogP) is 2.47. The molecule has 0 unspecified atom stereocenters. The van der Waals surface area contributed by atoms with Gasteiger partial charge in [0.05, 0.1) is 5.75 Å². The number of nitrogens with one attached hydrogen (secondary N) is 1. The Morgan fingerprint density at radius 3 is 2.24 bits per heavy atom. The van der Waals surface area contributed by atoms with Gasteiger partial charge in [-0.3, -0.25) is 0 Å². The molecule has 0 atom stereocenters. The SMILES string of the molecule is Cc1cc(CNCC(C)C)cc(C)c1OCCS(C)(=O)=O. The first kappa shape index (κ1) is 18.0. The number of aryl methyl sites for hydroxylation is 2. The molecule has 0 aliphatic heterocycles. The minimum atomic E-state index is -2.98. The van der Waals surface area contributed by atoms with Crippen molar-refractivity contribution in [2.24, 2.45) is 5.92 Å². The van der Waals surface area contributed by atoms with Crippen molar-refractivity contribution in [1.29, 1.82) is 0 Å². The van der Waals surface area contributed by atoms with Gasteiger partial charge < -0.3 is 10.1 Å². The van der Waals surface area contributed by atoms with Gasteiger partial charge in [-0.05, 0) is 43.0 Å². The van der Waals surface area contributed by atoms with Crippen molar-refractivity contribution in [3.05, 3.63) is 28.8 Å². The van der Waals surface area contributed by atoms with Crippen molar-refractivity contribution < 1.29 is 13.2 Å². The Labute approximate surface area is 128 Å². The maximum Gasteiger partial charge on any atom is 0.150 e. The summed E-state index contributed by atoms with van der Waals surface area (Å²) in [4.78, 5) is 0. The minimum Gasteiger partial charge on any atom is -0.492 e. The van der Waals surface area contributed by atoms with Crippen LogP contribution in [0.2, 0.25) is 0 Å². The van der Waals surface area contributed by atoms with Gasteiger partial charge in [0.25, 0.3) is 0 Å². The van der Waals surface area contributed by atoms with Crippen LogP contribution in [-0.2, 0) is 16.4 Å². The molecule has 0 bridgehead atoms. The van der Waals surface area contributed by atoms with Crippen LogP contribution in [-0.4, -0.2) is 33.6 Å². The van der Waals surface area contributed by atoms with Gasteiger partial charge in [0, 0.05) is 12.8 Å². The van der Waals surface area contributed by atoms with E-state index in [2.05, 4.69) is 31.3 Å². The summed E-state index contributed by atoms with van der Waals surface area (Å²) in [6.45, 7) is 10.4. The maximum absolute atomic E-state index is 11.1. The van der Waals surface area contributed by atoms with E-state index in [1.807, 2.05) is 13.8 Å². The topological polar surface area (TPSA) is 55.4 Å². The average Bonchev–Trinajstić information content (AvgIpc) is 2.31. The van der Waals surface area contributed by atoms with Gasteiger partial charge in [-0.25, -0.2) is 8.42 Å². The smallest absolute Gasteiger partial charge is 0.150 e. The molecule has 0 aliphatic rings. The lowest BCUT2D eigenvalue weighted by Crippen LogP contribution is -2.19. The first-order chi connectivity index (χ1) is 9.69. The summed E-state index contributed by atoms with van der Waals surface area (Å²) >= 11 is 0. The molecule has 0 spiro atoms. The molecule has 4 nitrogen and oxygen atoms in total. The lowest BCUT2D eigenvalue weighted by Gasteiger charge is -2.14. The van der Waals surface area contributed by atoms with Crippen LogP contribution in [0.15, 0.2) is 12.1 Å². The van der Waals surface area contributed by atoms with Crippen LogP contribution in [0.1, 0.15) is 30.5 Å². The van der Waals surface area contributed by atoms with E-state index in [0.717, 1.165) is 30.0 Å². The van der Waals surface area contributed by atoms with Crippen molar-refractivity contribution in [1.82, 2.24) is 5.32 Å². The maximum atomic E-state index is 11.1. The van der Waals surface area contributed by atoms with Gasteiger partial charge in [0.2, 0.25) is 0 Å². The summed E-state index contributed by atoms with van der Waals surface area (Å²) in [5.41, 5.74) is 3.32. The molecule has 0 aromatic heterocycles. The largest absolute Gasteiger partial charge is 0.492 e. The monoisotopic (exact) mass is 313 g/mol. The van der Waals surface area contributed by atoms with Crippen molar-refractivity contribution in [2.75, 3.05) is 25.2 Å². The van der Waals surface area contributed by atoms with Gasteiger partial charge in [0.1, 0.15) is 12.4 Å². The Morgan fingerprint density at radius 2 is 1.76 bits per heavy atom. The van der Waals surface area contributed by atoms with Gasteiger partial charge in [-0.15, -0.1) is 0 Å². The third-order valence-corrected chi connectivity index (χ3v) is 4.01. The molecule has 5 heteroatoms. The Hall–Kier alpha value is -1.07. The molecule has 0 heterocycles. The van der Waals surface area contributed by atoms with E-state index < -0.39 is 9.84 Å². The lowest BCUT2D eigenvalue weighted by molar-refractivity contribution is 0.336. The summed E-state index contributed by atoms with van der Waals surface area (Å²) in [7, 11) is -2.98. The first-order valence-corrected chi connectivity index (χ1v) is 9.36. The Balaban J connectivity index is 2.67. The quantitative estimate of drug-likeness (QED) is 0.801. The Bertz CT molecular complexity index is 542. The molecule has 1 N–H and O–H groups in total. The highest BCUT2D eigenvalue weighted by Gasteiger charge is 2.09. The third-order valence-electron chi connectivity index (χ3n) is 3.10. The van der Waals surface area contributed by atoms with Crippen LogP contribution in [0.25, 0.3) is 0 Å². The van der Waals surface area contributed by atoms with Crippen LogP contribution >= 0.6 is 0 Å². The fourth-order valence-electron chi connectivity index (χ4n) is 2.17. The number of hydrogen-bond acceptors (Lipinski definition) is 4. The van der Waals surface area contributed by atoms with Crippen LogP contribution < -0.4 is 10.1 Å². The molecule has 21 heavy (non-hydrogen) atoms. The zero-order valence-electron chi connectivity index (χ0n) is 13.7. The van der Waals surface area contributed by atoms with E-state index in [0.29, 0.717) is 5.92 Å². The van der Waals surface area contributed by atoms with Gasteiger partial charge >= 0.3 is 0 Å². The van der Waals surface area contributed by atoms with Gasteiger partial charge in [-0.2, -0.15) is 0 Å². The molecule has 120 valence electrons. The predicted molar refractivity (Wildman–Crippen MR) is 87.7 cm³/mol. The van der Waals surface area contributed by atoms with Crippen LogP contribution in [0.5, 0.6) is 5.75 Å². The van der Waals surface area contributed by atoms with Crippen molar-refractivity contribution in [3.63, 3.8) is 0 Å². The summed E-state index contributed by atoms with van der Waals surface area (Å²) in [5.74, 6) is 1.47. The first-order valence-electron chi connectivity index (χ1n) is 7.30. The molecule has 0 fully saturated rings. The molecular weight excluding hydrogens is 286 g/mol. The molecule has 1 aromatic carbocycles. The average molecular weight is 313 g/mol. The standard InChI is InChI=1S/C16H27NO3S/c1-12(2)10-17-11-15-8-13(3)16(14(4)9-15)20-6-7-21(5,18)19/h8-9,12,17H,6-7,10-11H2,1-5H3. The fourth-order valence-corrected chi connectivity index (χ4v) is 2.56. The molecule has 0 aliphatic carbocycles. The van der Waals surface area contributed by atoms with E-state index in [4.69, 9.17) is 4.74 Å². The molecule has 0 amide bonds. The van der Waals surface area contributed by atoms with E-state index in [1.54, 1.807) is 0 Å². The third kappa shape index (κ3) is 6.96. The van der Waals surface area contributed by atoms with Crippen molar-refractivity contribution in [2.45, 2.75) is 34.2 Å². The van der Waals surface area contributed by atoms with Crippen molar-refractivity contribution in [3.8, 4) is 5.75 Å². The summed E-state index contributed by atoms with van der Waals surface area (Å²) in [6, 6.07) is 4.19. The number of rotatable bonds is 8. The van der Waals surface area contributed by atoms with E-state index >= 15 is 0 Å². The minimum absolute atomic E-state index is 0.0452.